The van der Waals surface area contributed by atoms with E-state index in [0.717, 1.165) is 0 Å². The third kappa shape index (κ3) is 6.13. The van der Waals surface area contributed by atoms with Crippen LogP contribution in [0.3, 0.4) is 0 Å². The second kappa shape index (κ2) is 11.6. The van der Waals surface area contributed by atoms with E-state index in [4.69, 9.17) is 14.2 Å². The molecule has 2 amide bonds. The van der Waals surface area contributed by atoms with Crippen LogP contribution in [0.15, 0.2) is 71.5 Å². The molecule has 0 atom stereocenters. The van der Waals surface area contributed by atoms with Crippen molar-refractivity contribution in [2.24, 2.45) is 5.10 Å². The van der Waals surface area contributed by atoms with Crippen LogP contribution >= 0.6 is 22.6 Å². The summed E-state index contributed by atoms with van der Waals surface area (Å²) < 4.78 is 16.7. The van der Waals surface area contributed by atoms with Crippen LogP contribution in [0.4, 0.5) is 0 Å². The van der Waals surface area contributed by atoms with E-state index in [2.05, 4.69) is 15.8 Å². The highest BCUT2D eigenvalue weighted by atomic mass is 127. The van der Waals surface area contributed by atoms with Crippen molar-refractivity contribution >= 4 is 46.7 Å². The quantitative estimate of drug-likeness (QED) is 0.156. The van der Waals surface area contributed by atoms with Crippen LogP contribution in [0.2, 0.25) is 0 Å². The van der Waals surface area contributed by atoms with Crippen molar-refractivity contribution in [3.63, 3.8) is 0 Å². The number of aromatic hydroxyl groups is 1. The minimum absolute atomic E-state index is 0.0184. The zero-order valence-electron chi connectivity index (χ0n) is 19.2. The molecule has 0 unspecified atom stereocenters. The van der Waals surface area contributed by atoms with Gasteiger partial charge in [0.1, 0.15) is 5.70 Å². The molecule has 36 heavy (non-hydrogen) atoms. The Kier molecular flexibility index (Phi) is 8.06. The fourth-order valence-electron chi connectivity index (χ4n) is 3.27. The number of hydrogen-bond donors (Lipinski definition) is 3. The number of rotatable bonds is 8. The van der Waals surface area contributed by atoms with Gasteiger partial charge in [-0.2, -0.15) is 5.10 Å². The molecule has 1 aliphatic rings. The molecule has 0 fully saturated rings. The van der Waals surface area contributed by atoms with Crippen molar-refractivity contribution in [3.05, 3.63) is 86.6 Å². The lowest BCUT2D eigenvalue weighted by Gasteiger charge is -2.10. The lowest BCUT2D eigenvalue weighted by atomic mass is 10.1. The predicted molar refractivity (Wildman–Crippen MR) is 142 cm³/mol. The second-order valence-corrected chi connectivity index (χ2v) is 8.63. The molecule has 0 aliphatic carbocycles. The smallest absolute Gasteiger partial charge is 0.287 e. The van der Waals surface area contributed by atoms with Gasteiger partial charge in [0.25, 0.3) is 11.8 Å². The maximum Gasteiger partial charge on any atom is 0.287 e. The fraction of sp³-hybridized carbons (Fsp3) is 0.115. The van der Waals surface area contributed by atoms with Crippen molar-refractivity contribution in [1.82, 2.24) is 10.7 Å². The highest BCUT2D eigenvalue weighted by Gasteiger charge is 2.17. The Morgan fingerprint density at radius 3 is 2.64 bits per heavy atom. The molecule has 0 radical (unpaired) electrons. The van der Waals surface area contributed by atoms with Crippen LogP contribution in [-0.2, 0) is 4.79 Å². The van der Waals surface area contributed by atoms with Crippen molar-refractivity contribution in [2.75, 3.05) is 13.4 Å². The van der Waals surface area contributed by atoms with Gasteiger partial charge in [0.2, 0.25) is 6.79 Å². The number of fused-ring (bicyclic) bond motifs is 1. The molecule has 9 nitrogen and oxygen atoms in total. The van der Waals surface area contributed by atoms with Crippen LogP contribution in [0, 0.1) is 3.57 Å². The number of ether oxygens (including phenoxy) is 3. The number of benzene rings is 3. The van der Waals surface area contributed by atoms with Crippen molar-refractivity contribution in [3.8, 4) is 23.0 Å². The molecule has 0 spiro atoms. The number of halogens is 1. The molecule has 1 aliphatic heterocycles. The number of nitrogens with one attached hydrogen (secondary N) is 2. The van der Waals surface area contributed by atoms with E-state index >= 15 is 0 Å². The van der Waals surface area contributed by atoms with Crippen molar-refractivity contribution < 1.29 is 28.9 Å². The SMILES string of the molecule is CCOc1cc(/C=N\NC(=O)/C(=C\c2ccc3c(c2)OCO3)NC(=O)c2ccccc2)cc(I)c1O. The van der Waals surface area contributed by atoms with Crippen LogP contribution in [-0.4, -0.2) is 36.5 Å². The molecule has 3 aromatic rings. The van der Waals surface area contributed by atoms with E-state index < -0.39 is 11.8 Å². The van der Waals surface area contributed by atoms with Crippen LogP contribution in [0.25, 0.3) is 6.08 Å². The molecular weight excluding hydrogens is 577 g/mol. The molecule has 3 N–H and O–H groups in total. The van der Waals surface area contributed by atoms with Crippen molar-refractivity contribution in [1.29, 1.82) is 0 Å². The Hall–Kier alpha value is -4.06. The predicted octanol–water partition coefficient (Wildman–Crippen LogP) is 4.05. The molecule has 0 saturated heterocycles. The minimum atomic E-state index is -0.633. The third-order valence-corrected chi connectivity index (χ3v) is 5.79. The fourth-order valence-corrected chi connectivity index (χ4v) is 3.90. The highest BCUT2D eigenvalue weighted by Crippen LogP contribution is 2.33. The number of nitrogens with zero attached hydrogens (tertiary/aromatic N) is 1. The number of amides is 2. The highest BCUT2D eigenvalue weighted by molar-refractivity contribution is 14.1. The van der Waals surface area contributed by atoms with Gasteiger partial charge < -0.3 is 24.6 Å². The normalized spacial score (nSPS) is 12.4. The maximum absolute atomic E-state index is 13.0. The first-order chi connectivity index (χ1) is 17.4. The summed E-state index contributed by atoms with van der Waals surface area (Å²) in [6, 6.07) is 17.0. The first-order valence-electron chi connectivity index (χ1n) is 10.9. The lowest BCUT2D eigenvalue weighted by molar-refractivity contribution is -0.117. The van der Waals surface area contributed by atoms with Gasteiger partial charge in [-0.05, 0) is 83.1 Å². The van der Waals surface area contributed by atoms with Crippen LogP contribution in [0.5, 0.6) is 23.0 Å². The standard InChI is InChI=1S/C26H22IN3O6/c1-2-34-23-13-17(10-19(27)24(23)31)14-28-30-26(33)20(29-25(32)18-6-4-3-5-7-18)11-16-8-9-21-22(12-16)36-15-35-21/h3-14,31H,2,15H2,1H3,(H,29,32)(H,30,33)/b20-11+,28-14-. The van der Waals surface area contributed by atoms with Crippen LogP contribution in [0.1, 0.15) is 28.4 Å². The van der Waals surface area contributed by atoms with E-state index in [1.807, 2.05) is 29.5 Å². The monoisotopic (exact) mass is 599 g/mol. The van der Waals surface area contributed by atoms with Crippen molar-refractivity contribution in [2.45, 2.75) is 6.92 Å². The molecule has 10 heteroatoms. The summed E-state index contributed by atoms with van der Waals surface area (Å²) in [4.78, 5) is 25.7. The summed E-state index contributed by atoms with van der Waals surface area (Å²) in [5.74, 6) is 0.420. The van der Waals surface area contributed by atoms with Gasteiger partial charge in [-0.15, -0.1) is 0 Å². The zero-order valence-corrected chi connectivity index (χ0v) is 21.3. The number of carbonyl (C=O) groups excluding carboxylic acids is 2. The molecule has 0 saturated carbocycles. The van der Waals surface area contributed by atoms with E-state index in [0.29, 0.717) is 44.1 Å². The minimum Gasteiger partial charge on any atom is -0.504 e. The number of hydrogen-bond acceptors (Lipinski definition) is 7. The molecule has 4 rings (SSSR count). The average Bonchev–Trinajstić information content (AvgIpc) is 3.35. The molecule has 1 heterocycles. The largest absolute Gasteiger partial charge is 0.504 e. The molecule has 0 bridgehead atoms. The molecule has 184 valence electrons. The Morgan fingerprint density at radius 2 is 1.86 bits per heavy atom. The first kappa shape index (κ1) is 25.0. The van der Waals surface area contributed by atoms with E-state index in [9.17, 15) is 14.7 Å². The Bertz CT molecular complexity index is 1340. The topological polar surface area (TPSA) is 118 Å². The van der Waals surface area contributed by atoms with E-state index in [1.165, 1.54) is 12.3 Å². The number of phenolic OH excluding ortho intramolecular Hbond substituents is 1. The molecule has 3 aromatic carbocycles. The van der Waals surface area contributed by atoms with Gasteiger partial charge in [-0.25, -0.2) is 5.43 Å². The van der Waals surface area contributed by atoms with E-state index in [1.54, 1.807) is 60.7 Å². The third-order valence-electron chi connectivity index (χ3n) is 4.97. The summed E-state index contributed by atoms with van der Waals surface area (Å²) in [5, 5.41) is 16.8. The number of hydrazone groups is 1. The maximum atomic E-state index is 13.0. The second-order valence-electron chi connectivity index (χ2n) is 7.47. The molecule has 0 aromatic heterocycles. The lowest BCUT2D eigenvalue weighted by Crippen LogP contribution is -2.32. The summed E-state index contributed by atoms with van der Waals surface area (Å²) in [6.45, 7) is 2.32. The number of phenols is 1. The summed E-state index contributed by atoms with van der Waals surface area (Å²) in [6.07, 6.45) is 2.93. The van der Waals surface area contributed by atoms with Gasteiger partial charge in [-0.1, -0.05) is 24.3 Å². The summed E-state index contributed by atoms with van der Waals surface area (Å²) >= 11 is 1.98. The number of carbonyl (C=O) groups is 2. The van der Waals surface area contributed by atoms with Gasteiger partial charge in [0, 0.05) is 5.56 Å². The van der Waals surface area contributed by atoms with Gasteiger partial charge >= 0.3 is 0 Å². The van der Waals surface area contributed by atoms with Gasteiger partial charge in [0.05, 0.1) is 16.4 Å². The van der Waals surface area contributed by atoms with Crippen LogP contribution < -0.4 is 25.0 Å². The molecular formula is C26H22IN3O6. The van der Waals surface area contributed by atoms with E-state index in [-0.39, 0.29) is 18.2 Å². The average molecular weight is 599 g/mol. The van der Waals surface area contributed by atoms with Gasteiger partial charge in [-0.3, -0.25) is 9.59 Å². The Balaban J connectivity index is 1.56. The van der Waals surface area contributed by atoms with Gasteiger partial charge in [0.15, 0.2) is 23.0 Å². The summed E-state index contributed by atoms with van der Waals surface area (Å²) in [7, 11) is 0. The Labute approximate surface area is 220 Å². The zero-order chi connectivity index (χ0) is 25.5. The Morgan fingerprint density at radius 1 is 1.08 bits per heavy atom. The summed E-state index contributed by atoms with van der Waals surface area (Å²) in [5.41, 5.74) is 4.04. The first-order valence-corrected chi connectivity index (χ1v) is 12.0.